The van der Waals surface area contributed by atoms with E-state index in [2.05, 4.69) is 20.7 Å². The number of rotatable bonds is 5. The molecular weight excluding hydrogens is 330 g/mol. The molecule has 1 fully saturated rings. The predicted octanol–water partition coefficient (Wildman–Crippen LogP) is 2.93. The van der Waals surface area contributed by atoms with Gasteiger partial charge in [-0.15, -0.1) is 0 Å². The summed E-state index contributed by atoms with van der Waals surface area (Å²) in [7, 11) is -2.05. The fourth-order valence-corrected chi connectivity index (χ4v) is 4.20. The van der Waals surface area contributed by atoms with E-state index in [9.17, 15) is 8.42 Å². The molecule has 1 aliphatic rings. The van der Waals surface area contributed by atoms with Crippen LogP contribution in [-0.2, 0) is 10.0 Å². The number of benzene rings is 1. The molecule has 0 spiro atoms. The quantitative estimate of drug-likeness (QED) is 0.890. The minimum atomic E-state index is -3.52. The van der Waals surface area contributed by atoms with Crippen LogP contribution in [0.3, 0.4) is 0 Å². The number of sulfonamides is 1. The van der Waals surface area contributed by atoms with Crippen molar-refractivity contribution in [3.63, 3.8) is 0 Å². The largest absolute Gasteiger partial charge is 0.495 e. The first-order chi connectivity index (χ1) is 9.03. The molecule has 0 heterocycles. The number of halogens is 1. The van der Waals surface area contributed by atoms with Crippen LogP contribution in [0.4, 0.5) is 0 Å². The van der Waals surface area contributed by atoms with Crippen molar-refractivity contribution in [2.75, 3.05) is 13.7 Å². The highest BCUT2D eigenvalue weighted by molar-refractivity contribution is 9.10. The van der Waals surface area contributed by atoms with Gasteiger partial charge in [0.15, 0.2) is 0 Å². The Bertz CT molecular complexity index is 539. The van der Waals surface area contributed by atoms with E-state index < -0.39 is 10.0 Å². The van der Waals surface area contributed by atoms with Crippen molar-refractivity contribution in [3.8, 4) is 5.75 Å². The summed E-state index contributed by atoms with van der Waals surface area (Å²) in [5, 5.41) is 0. The third-order valence-electron chi connectivity index (χ3n) is 3.45. The number of hydrogen-bond donors (Lipinski definition) is 1. The molecule has 1 aromatic rings. The molecule has 19 heavy (non-hydrogen) atoms. The Balaban J connectivity index is 2.16. The molecule has 0 saturated heterocycles. The molecule has 0 bridgehead atoms. The average Bonchev–Trinajstić information content (AvgIpc) is 2.89. The van der Waals surface area contributed by atoms with Gasteiger partial charge in [0, 0.05) is 11.0 Å². The van der Waals surface area contributed by atoms with E-state index in [0.717, 1.165) is 17.3 Å². The minimum absolute atomic E-state index is 0.183. The molecule has 0 radical (unpaired) electrons. The Hall–Kier alpha value is -0.590. The maximum atomic E-state index is 12.3. The maximum absolute atomic E-state index is 12.3. The predicted molar refractivity (Wildman–Crippen MR) is 77.8 cm³/mol. The monoisotopic (exact) mass is 347 g/mol. The molecule has 1 N–H and O–H groups in total. The van der Waals surface area contributed by atoms with Crippen molar-refractivity contribution in [1.82, 2.24) is 4.72 Å². The van der Waals surface area contributed by atoms with E-state index in [1.807, 2.05) is 0 Å². The Morgan fingerprint density at radius 2 is 2.05 bits per heavy atom. The van der Waals surface area contributed by atoms with Crippen LogP contribution in [0.25, 0.3) is 0 Å². The molecule has 0 amide bonds. The lowest BCUT2D eigenvalue weighted by molar-refractivity contribution is 0.402. The lowest BCUT2D eigenvalue weighted by atomic mass is 10.1. The van der Waals surface area contributed by atoms with Crippen LogP contribution in [0.1, 0.15) is 25.7 Å². The van der Waals surface area contributed by atoms with Gasteiger partial charge >= 0.3 is 0 Å². The summed E-state index contributed by atoms with van der Waals surface area (Å²) in [6.07, 6.45) is 4.62. The second-order valence-corrected chi connectivity index (χ2v) is 7.45. The Kier molecular flexibility index (Phi) is 4.86. The minimum Gasteiger partial charge on any atom is -0.495 e. The molecule has 106 valence electrons. The molecule has 1 aromatic carbocycles. The van der Waals surface area contributed by atoms with Crippen LogP contribution in [0, 0.1) is 5.92 Å². The van der Waals surface area contributed by atoms with Gasteiger partial charge in [0.1, 0.15) is 10.6 Å². The molecule has 1 aliphatic carbocycles. The van der Waals surface area contributed by atoms with Crippen LogP contribution in [0.5, 0.6) is 5.75 Å². The van der Waals surface area contributed by atoms with Crippen molar-refractivity contribution < 1.29 is 13.2 Å². The van der Waals surface area contributed by atoms with E-state index in [0.29, 0.717) is 18.2 Å². The summed E-state index contributed by atoms with van der Waals surface area (Å²) in [6, 6.07) is 4.97. The van der Waals surface area contributed by atoms with E-state index in [4.69, 9.17) is 4.74 Å². The molecule has 2 rings (SSSR count). The highest BCUT2D eigenvalue weighted by Gasteiger charge is 2.22. The first-order valence-corrected chi connectivity index (χ1v) is 8.64. The van der Waals surface area contributed by atoms with Crippen LogP contribution < -0.4 is 9.46 Å². The first-order valence-electron chi connectivity index (χ1n) is 6.36. The number of methoxy groups -OCH3 is 1. The topological polar surface area (TPSA) is 55.4 Å². The van der Waals surface area contributed by atoms with Crippen molar-refractivity contribution >= 4 is 26.0 Å². The van der Waals surface area contributed by atoms with Gasteiger partial charge in [-0.1, -0.05) is 28.8 Å². The summed E-state index contributed by atoms with van der Waals surface area (Å²) in [5.74, 6) is 0.829. The fraction of sp³-hybridized carbons (Fsp3) is 0.538. The summed E-state index contributed by atoms with van der Waals surface area (Å²) >= 11 is 3.29. The van der Waals surface area contributed by atoms with E-state index >= 15 is 0 Å². The van der Waals surface area contributed by atoms with Crippen LogP contribution >= 0.6 is 15.9 Å². The van der Waals surface area contributed by atoms with Gasteiger partial charge in [-0.3, -0.25) is 0 Å². The van der Waals surface area contributed by atoms with Gasteiger partial charge in [0.2, 0.25) is 10.0 Å². The summed E-state index contributed by atoms with van der Waals surface area (Å²) < 4.78 is 33.1. The van der Waals surface area contributed by atoms with Gasteiger partial charge in [-0.25, -0.2) is 13.1 Å². The second-order valence-electron chi connectivity index (χ2n) is 4.80. The standard InChI is InChI=1S/C13H18BrNO3S/c1-18-12-7-6-11(14)8-13(12)19(16,17)15-9-10-4-2-3-5-10/h6-8,10,15H,2-5,9H2,1H3. The van der Waals surface area contributed by atoms with Crippen molar-refractivity contribution in [1.29, 1.82) is 0 Å². The zero-order chi connectivity index (χ0) is 13.9. The lowest BCUT2D eigenvalue weighted by Crippen LogP contribution is -2.28. The van der Waals surface area contributed by atoms with Crippen molar-refractivity contribution in [2.24, 2.45) is 5.92 Å². The fourth-order valence-electron chi connectivity index (χ4n) is 2.38. The summed E-state index contributed by atoms with van der Waals surface area (Å²) in [6.45, 7) is 0.512. The zero-order valence-electron chi connectivity index (χ0n) is 10.9. The number of nitrogens with one attached hydrogen (secondary N) is 1. The van der Waals surface area contributed by atoms with Gasteiger partial charge in [-0.05, 0) is 37.0 Å². The highest BCUT2D eigenvalue weighted by Crippen LogP contribution is 2.28. The average molecular weight is 348 g/mol. The van der Waals surface area contributed by atoms with Gasteiger partial charge < -0.3 is 4.74 Å². The Morgan fingerprint density at radius 1 is 1.37 bits per heavy atom. The third-order valence-corrected chi connectivity index (χ3v) is 5.39. The Labute approximate surface area is 122 Å². The van der Waals surface area contributed by atoms with Gasteiger partial charge in [0.25, 0.3) is 0 Å². The summed E-state index contributed by atoms with van der Waals surface area (Å²) in [4.78, 5) is 0.183. The molecule has 0 aromatic heterocycles. The number of ether oxygens (including phenoxy) is 1. The normalized spacial score (nSPS) is 16.7. The zero-order valence-corrected chi connectivity index (χ0v) is 13.3. The molecule has 1 saturated carbocycles. The maximum Gasteiger partial charge on any atom is 0.244 e. The van der Waals surface area contributed by atoms with Gasteiger partial charge in [-0.2, -0.15) is 0 Å². The summed E-state index contributed by atoms with van der Waals surface area (Å²) in [5.41, 5.74) is 0. The van der Waals surface area contributed by atoms with Crippen molar-refractivity contribution in [3.05, 3.63) is 22.7 Å². The van der Waals surface area contributed by atoms with E-state index in [-0.39, 0.29) is 4.90 Å². The van der Waals surface area contributed by atoms with E-state index in [1.165, 1.54) is 20.0 Å². The SMILES string of the molecule is COc1ccc(Br)cc1S(=O)(=O)NCC1CCCC1. The van der Waals surface area contributed by atoms with Gasteiger partial charge in [0.05, 0.1) is 7.11 Å². The molecule has 0 aliphatic heterocycles. The molecule has 6 heteroatoms. The number of hydrogen-bond acceptors (Lipinski definition) is 3. The second kappa shape index (κ2) is 6.24. The highest BCUT2D eigenvalue weighted by atomic mass is 79.9. The van der Waals surface area contributed by atoms with Crippen LogP contribution in [0.2, 0.25) is 0 Å². The molecular formula is C13H18BrNO3S. The first kappa shape index (κ1) is 14.8. The molecule has 4 nitrogen and oxygen atoms in total. The third kappa shape index (κ3) is 3.70. The van der Waals surface area contributed by atoms with Crippen LogP contribution in [-0.4, -0.2) is 22.1 Å². The molecule has 0 atom stereocenters. The smallest absolute Gasteiger partial charge is 0.244 e. The molecule has 0 unspecified atom stereocenters. The Morgan fingerprint density at radius 3 is 2.68 bits per heavy atom. The lowest BCUT2D eigenvalue weighted by Gasteiger charge is -2.13. The van der Waals surface area contributed by atoms with Crippen molar-refractivity contribution in [2.45, 2.75) is 30.6 Å². The van der Waals surface area contributed by atoms with Crippen LogP contribution in [0.15, 0.2) is 27.6 Å². The van der Waals surface area contributed by atoms with E-state index in [1.54, 1.807) is 18.2 Å².